The lowest BCUT2D eigenvalue weighted by molar-refractivity contribution is 0.482. The molecule has 0 amide bonds. The van der Waals surface area contributed by atoms with Crippen LogP contribution < -0.4 is 10.1 Å². The molecule has 0 atom stereocenters. The van der Waals surface area contributed by atoms with Gasteiger partial charge in [0.15, 0.2) is 0 Å². The summed E-state index contributed by atoms with van der Waals surface area (Å²) < 4.78 is 5.76. The van der Waals surface area contributed by atoms with Gasteiger partial charge in [-0.1, -0.05) is 32.0 Å². The fourth-order valence-electron chi connectivity index (χ4n) is 1.53. The summed E-state index contributed by atoms with van der Waals surface area (Å²) in [4.78, 5) is 0. The minimum Gasteiger partial charge on any atom is -0.457 e. The molecular weight excluding hydrogens is 222 g/mol. The van der Waals surface area contributed by atoms with Gasteiger partial charge in [-0.15, -0.1) is 0 Å². The molecule has 0 aliphatic heterocycles. The van der Waals surface area contributed by atoms with Crippen molar-refractivity contribution in [2.75, 3.05) is 12.4 Å². The third-order valence-corrected chi connectivity index (χ3v) is 2.35. The quantitative estimate of drug-likeness (QED) is 0.831. The van der Waals surface area contributed by atoms with Crippen LogP contribution in [0.5, 0.6) is 11.5 Å². The topological polar surface area (TPSA) is 21.3 Å². The maximum absolute atomic E-state index is 5.76. The van der Waals surface area contributed by atoms with E-state index in [2.05, 4.69) is 18.3 Å². The van der Waals surface area contributed by atoms with Gasteiger partial charge >= 0.3 is 0 Å². The summed E-state index contributed by atoms with van der Waals surface area (Å²) in [5, 5.41) is 3.08. The first-order valence-corrected chi connectivity index (χ1v) is 6.30. The predicted molar refractivity (Wildman–Crippen MR) is 78.6 cm³/mol. The Morgan fingerprint density at radius 2 is 1.50 bits per heavy atom. The molecule has 1 N–H and O–H groups in total. The van der Waals surface area contributed by atoms with Crippen molar-refractivity contribution < 1.29 is 4.74 Å². The summed E-state index contributed by atoms with van der Waals surface area (Å²) in [5.41, 5.74) is 2.24. The van der Waals surface area contributed by atoms with E-state index in [0.29, 0.717) is 0 Å². The van der Waals surface area contributed by atoms with Crippen LogP contribution in [0, 0.1) is 6.92 Å². The van der Waals surface area contributed by atoms with Gasteiger partial charge in [0.1, 0.15) is 11.5 Å². The number of rotatable bonds is 3. The molecule has 0 fully saturated rings. The van der Waals surface area contributed by atoms with Crippen LogP contribution in [0.4, 0.5) is 5.69 Å². The van der Waals surface area contributed by atoms with Crippen LogP contribution in [0.3, 0.4) is 0 Å². The summed E-state index contributed by atoms with van der Waals surface area (Å²) in [6.45, 7) is 6.05. The Morgan fingerprint density at radius 1 is 0.889 bits per heavy atom. The molecule has 2 heteroatoms. The standard InChI is InChI=1S/C14H15NO.C2H6/c1-11-5-3-7-13(9-11)16-14-8-4-6-12(10-14)15-2;1-2/h3-10,15H,1-2H3;1-2H3. The number of aryl methyl sites for hydroxylation is 1. The molecule has 0 aliphatic rings. The fraction of sp³-hybridized carbons (Fsp3) is 0.250. The van der Waals surface area contributed by atoms with Gasteiger partial charge in [0.25, 0.3) is 0 Å². The predicted octanol–water partition coefficient (Wildman–Crippen LogP) is 4.86. The van der Waals surface area contributed by atoms with Gasteiger partial charge in [0.2, 0.25) is 0 Å². The summed E-state index contributed by atoms with van der Waals surface area (Å²) in [5.74, 6) is 1.71. The molecule has 2 aromatic carbocycles. The molecule has 2 aromatic rings. The van der Waals surface area contributed by atoms with Crippen molar-refractivity contribution in [3.63, 3.8) is 0 Å². The van der Waals surface area contributed by atoms with E-state index >= 15 is 0 Å². The Bertz CT molecular complexity index is 480. The van der Waals surface area contributed by atoms with E-state index in [9.17, 15) is 0 Å². The van der Waals surface area contributed by atoms with Crippen LogP contribution in [-0.4, -0.2) is 7.05 Å². The summed E-state index contributed by atoms with van der Waals surface area (Å²) >= 11 is 0. The molecule has 96 valence electrons. The minimum atomic E-state index is 0.845. The van der Waals surface area contributed by atoms with E-state index in [4.69, 9.17) is 4.74 Å². The van der Waals surface area contributed by atoms with Crippen LogP contribution in [0.15, 0.2) is 48.5 Å². The second kappa shape index (κ2) is 7.38. The number of anilines is 1. The van der Waals surface area contributed by atoms with E-state index in [1.54, 1.807) is 0 Å². The summed E-state index contributed by atoms with van der Waals surface area (Å²) in [7, 11) is 1.89. The highest BCUT2D eigenvalue weighted by molar-refractivity contribution is 5.48. The molecule has 0 spiro atoms. The molecule has 0 saturated carbocycles. The van der Waals surface area contributed by atoms with Gasteiger partial charge < -0.3 is 10.1 Å². The van der Waals surface area contributed by atoms with E-state index in [0.717, 1.165) is 17.2 Å². The molecule has 0 radical (unpaired) electrons. The molecule has 0 saturated heterocycles. The Balaban J connectivity index is 0.000000771. The largest absolute Gasteiger partial charge is 0.457 e. The first-order chi connectivity index (χ1) is 8.78. The lowest BCUT2D eigenvalue weighted by Crippen LogP contribution is -1.89. The highest BCUT2D eigenvalue weighted by Crippen LogP contribution is 2.24. The van der Waals surface area contributed by atoms with E-state index in [1.165, 1.54) is 5.56 Å². The smallest absolute Gasteiger partial charge is 0.129 e. The summed E-state index contributed by atoms with van der Waals surface area (Å²) in [6, 6.07) is 15.9. The van der Waals surface area contributed by atoms with E-state index in [1.807, 2.05) is 63.4 Å². The highest BCUT2D eigenvalue weighted by Gasteiger charge is 1.98. The van der Waals surface area contributed by atoms with Gasteiger partial charge in [0.05, 0.1) is 0 Å². The number of nitrogens with one attached hydrogen (secondary N) is 1. The van der Waals surface area contributed by atoms with Crippen LogP contribution in [0.2, 0.25) is 0 Å². The average molecular weight is 243 g/mol. The van der Waals surface area contributed by atoms with Crippen LogP contribution >= 0.6 is 0 Å². The van der Waals surface area contributed by atoms with Crippen molar-refractivity contribution in [3.8, 4) is 11.5 Å². The normalized spacial score (nSPS) is 9.11. The van der Waals surface area contributed by atoms with Crippen LogP contribution in [0.25, 0.3) is 0 Å². The molecule has 0 bridgehead atoms. The average Bonchev–Trinajstić information content (AvgIpc) is 2.41. The number of ether oxygens (including phenoxy) is 1. The van der Waals surface area contributed by atoms with Crippen molar-refractivity contribution >= 4 is 5.69 Å². The Morgan fingerprint density at radius 3 is 2.11 bits per heavy atom. The molecule has 2 rings (SSSR count). The zero-order valence-corrected chi connectivity index (χ0v) is 11.5. The molecule has 2 nitrogen and oxygen atoms in total. The fourth-order valence-corrected chi connectivity index (χ4v) is 1.53. The van der Waals surface area contributed by atoms with Crippen LogP contribution in [0.1, 0.15) is 19.4 Å². The zero-order chi connectivity index (χ0) is 13.4. The van der Waals surface area contributed by atoms with Crippen molar-refractivity contribution in [2.45, 2.75) is 20.8 Å². The zero-order valence-electron chi connectivity index (χ0n) is 11.5. The molecule has 0 heterocycles. The Hall–Kier alpha value is -1.96. The maximum Gasteiger partial charge on any atom is 0.129 e. The first kappa shape index (κ1) is 14.1. The molecule has 0 aliphatic carbocycles. The van der Waals surface area contributed by atoms with Gasteiger partial charge in [-0.2, -0.15) is 0 Å². The minimum absolute atomic E-state index is 0.845. The molecule has 0 aromatic heterocycles. The van der Waals surface area contributed by atoms with Gasteiger partial charge in [-0.25, -0.2) is 0 Å². The Kier molecular flexibility index (Phi) is 5.78. The van der Waals surface area contributed by atoms with Crippen molar-refractivity contribution in [1.29, 1.82) is 0 Å². The van der Waals surface area contributed by atoms with Crippen molar-refractivity contribution in [1.82, 2.24) is 0 Å². The van der Waals surface area contributed by atoms with E-state index < -0.39 is 0 Å². The first-order valence-electron chi connectivity index (χ1n) is 6.30. The molecule has 0 unspecified atom stereocenters. The lowest BCUT2D eigenvalue weighted by Gasteiger charge is -2.07. The van der Waals surface area contributed by atoms with Gasteiger partial charge in [0, 0.05) is 18.8 Å². The number of hydrogen-bond donors (Lipinski definition) is 1. The maximum atomic E-state index is 5.76. The Labute approximate surface area is 110 Å². The van der Waals surface area contributed by atoms with Gasteiger partial charge in [-0.3, -0.25) is 0 Å². The molecule has 18 heavy (non-hydrogen) atoms. The van der Waals surface area contributed by atoms with Crippen LogP contribution in [-0.2, 0) is 0 Å². The van der Waals surface area contributed by atoms with E-state index in [-0.39, 0.29) is 0 Å². The summed E-state index contributed by atoms with van der Waals surface area (Å²) in [6.07, 6.45) is 0. The highest BCUT2D eigenvalue weighted by atomic mass is 16.5. The molecular formula is C16H21NO. The monoisotopic (exact) mass is 243 g/mol. The SMILES string of the molecule is CC.CNc1cccc(Oc2cccc(C)c2)c1. The number of benzene rings is 2. The number of hydrogen-bond acceptors (Lipinski definition) is 2. The second-order valence-corrected chi connectivity index (χ2v) is 3.70. The third kappa shape index (κ3) is 4.13. The third-order valence-electron chi connectivity index (χ3n) is 2.35. The van der Waals surface area contributed by atoms with Crippen molar-refractivity contribution in [3.05, 3.63) is 54.1 Å². The second-order valence-electron chi connectivity index (χ2n) is 3.70. The van der Waals surface area contributed by atoms with Gasteiger partial charge in [-0.05, 0) is 36.8 Å². The lowest BCUT2D eigenvalue weighted by atomic mass is 10.2. The van der Waals surface area contributed by atoms with Crippen molar-refractivity contribution in [2.24, 2.45) is 0 Å².